The molecule has 4 nitrogen and oxygen atoms in total. The lowest BCUT2D eigenvalue weighted by molar-refractivity contribution is 0.102. The summed E-state index contributed by atoms with van der Waals surface area (Å²) in [6.07, 6.45) is 5.20. The molecule has 24 heavy (non-hydrogen) atoms. The largest absolute Gasteiger partial charge is 0.371 e. The fourth-order valence-electron chi connectivity index (χ4n) is 3.18. The number of amides is 1. The number of aromatic nitrogens is 1. The van der Waals surface area contributed by atoms with Crippen LogP contribution in [0.1, 0.15) is 42.7 Å². The number of pyridine rings is 1. The molecule has 1 saturated heterocycles. The Labute approximate surface area is 143 Å². The van der Waals surface area contributed by atoms with Crippen LogP contribution in [0.25, 0.3) is 0 Å². The number of anilines is 2. The summed E-state index contributed by atoms with van der Waals surface area (Å²) in [5.74, 6) is 0.535. The average molecular weight is 323 g/mol. The number of nitrogens with zero attached hydrogens (tertiary/aromatic N) is 2. The first kappa shape index (κ1) is 16.5. The molecule has 1 aromatic carbocycles. The van der Waals surface area contributed by atoms with Crippen LogP contribution in [0, 0.1) is 5.92 Å². The molecular formula is C20H25N3O. The van der Waals surface area contributed by atoms with Gasteiger partial charge in [0.25, 0.3) is 5.91 Å². The van der Waals surface area contributed by atoms with Crippen LogP contribution in [0.3, 0.4) is 0 Å². The van der Waals surface area contributed by atoms with Crippen LogP contribution in [-0.2, 0) is 6.42 Å². The minimum atomic E-state index is -0.161. The van der Waals surface area contributed by atoms with Crippen LogP contribution >= 0.6 is 0 Å². The van der Waals surface area contributed by atoms with E-state index in [9.17, 15) is 4.79 Å². The van der Waals surface area contributed by atoms with Gasteiger partial charge in [0, 0.05) is 30.7 Å². The summed E-state index contributed by atoms with van der Waals surface area (Å²) in [4.78, 5) is 19.1. The van der Waals surface area contributed by atoms with Crippen molar-refractivity contribution in [1.29, 1.82) is 0 Å². The van der Waals surface area contributed by atoms with Crippen molar-refractivity contribution in [3.05, 3.63) is 53.9 Å². The van der Waals surface area contributed by atoms with E-state index in [0.29, 0.717) is 11.6 Å². The van der Waals surface area contributed by atoms with Gasteiger partial charge in [0.1, 0.15) is 5.69 Å². The molecule has 0 spiro atoms. The zero-order valence-electron chi connectivity index (χ0n) is 14.5. The number of carbonyl (C=O) groups is 1. The highest BCUT2D eigenvalue weighted by Gasteiger charge is 2.18. The maximum atomic E-state index is 12.5. The van der Waals surface area contributed by atoms with E-state index < -0.39 is 0 Å². The second-order valence-corrected chi connectivity index (χ2v) is 6.60. The Kier molecular flexibility index (Phi) is 5.14. The van der Waals surface area contributed by atoms with Crippen molar-refractivity contribution in [2.45, 2.75) is 33.1 Å². The predicted octanol–water partition coefficient (Wildman–Crippen LogP) is 4.13. The van der Waals surface area contributed by atoms with Crippen molar-refractivity contribution >= 4 is 17.3 Å². The number of nitrogens with one attached hydrogen (secondary N) is 1. The Bertz CT molecular complexity index is 696. The Morgan fingerprint density at radius 2 is 2.08 bits per heavy atom. The van der Waals surface area contributed by atoms with Crippen LogP contribution in [0.15, 0.2) is 42.6 Å². The fraction of sp³-hybridized carbons (Fsp3) is 0.400. The molecule has 1 fully saturated rings. The highest BCUT2D eigenvalue weighted by atomic mass is 16.1. The summed E-state index contributed by atoms with van der Waals surface area (Å²) in [5, 5.41) is 2.93. The number of piperidine rings is 1. The third-order valence-corrected chi connectivity index (χ3v) is 4.62. The molecule has 0 aliphatic carbocycles. The minimum absolute atomic E-state index is 0.161. The standard InChI is InChI=1S/C20H25N3O/c1-3-16-6-8-17(9-7-16)22-20(24)19-13-18(10-11-21-19)23-12-4-5-15(2)14-23/h6-11,13,15H,3-5,12,14H2,1-2H3,(H,22,24). The fourth-order valence-corrected chi connectivity index (χ4v) is 3.18. The first-order chi connectivity index (χ1) is 11.7. The van der Waals surface area contributed by atoms with Crippen LogP contribution in [0.4, 0.5) is 11.4 Å². The predicted molar refractivity (Wildman–Crippen MR) is 98.6 cm³/mol. The van der Waals surface area contributed by atoms with Gasteiger partial charge in [0.05, 0.1) is 0 Å². The van der Waals surface area contributed by atoms with Crippen molar-refractivity contribution in [3.63, 3.8) is 0 Å². The molecule has 2 heterocycles. The number of aryl methyl sites for hydroxylation is 1. The lowest BCUT2D eigenvalue weighted by Crippen LogP contribution is -2.34. The molecule has 0 radical (unpaired) electrons. The van der Waals surface area contributed by atoms with E-state index in [1.165, 1.54) is 18.4 Å². The molecular weight excluding hydrogens is 298 g/mol. The Hall–Kier alpha value is -2.36. The van der Waals surface area contributed by atoms with Gasteiger partial charge >= 0.3 is 0 Å². The summed E-state index contributed by atoms with van der Waals surface area (Å²) in [7, 11) is 0. The van der Waals surface area contributed by atoms with Gasteiger partial charge in [-0.1, -0.05) is 26.0 Å². The quantitative estimate of drug-likeness (QED) is 0.920. The van der Waals surface area contributed by atoms with E-state index in [0.717, 1.165) is 30.9 Å². The lowest BCUT2D eigenvalue weighted by Gasteiger charge is -2.32. The molecule has 126 valence electrons. The number of carbonyl (C=O) groups excluding carboxylic acids is 1. The van der Waals surface area contributed by atoms with Crippen molar-refractivity contribution < 1.29 is 4.79 Å². The maximum Gasteiger partial charge on any atom is 0.274 e. The van der Waals surface area contributed by atoms with Gasteiger partial charge in [0.15, 0.2) is 0 Å². The average Bonchev–Trinajstić information content (AvgIpc) is 2.62. The number of hydrogen-bond donors (Lipinski definition) is 1. The minimum Gasteiger partial charge on any atom is -0.371 e. The zero-order chi connectivity index (χ0) is 16.9. The van der Waals surface area contributed by atoms with Crippen LogP contribution in [0.5, 0.6) is 0 Å². The van der Waals surface area contributed by atoms with E-state index in [1.54, 1.807) is 6.20 Å². The molecule has 1 amide bonds. The molecule has 1 atom stereocenters. The van der Waals surface area contributed by atoms with Gasteiger partial charge in [-0.2, -0.15) is 0 Å². The molecule has 0 saturated carbocycles. The van der Waals surface area contributed by atoms with Crippen LogP contribution in [0.2, 0.25) is 0 Å². The topological polar surface area (TPSA) is 45.2 Å². The third kappa shape index (κ3) is 3.94. The molecule has 2 aromatic rings. The van der Waals surface area contributed by atoms with Gasteiger partial charge in [0.2, 0.25) is 0 Å². The molecule has 1 aromatic heterocycles. The molecule has 3 rings (SSSR count). The zero-order valence-corrected chi connectivity index (χ0v) is 14.5. The van der Waals surface area contributed by atoms with Crippen molar-refractivity contribution in [2.24, 2.45) is 5.92 Å². The normalized spacial score (nSPS) is 17.6. The van der Waals surface area contributed by atoms with Crippen molar-refractivity contribution in [3.8, 4) is 0 Å². The van der Waals surface area contributed by atoms with E-state index >= 15 is 0 Å². The highest BCUT2D eigenvalue weighted by Crippen LogP contribution is 2.23. The van der Waals surface area contributed by atoms with Gasteiger partial charge < -0.3 is 10.2 Å². The van der Waals surface area contributed by atoms with Gasteiger partial charge in [-0.05, 0) is 55.0 Å². The first-order valence-corrected chi connectivity index (χ1v) is 8.77. The number of rotatable bonds is 4. The SMILES string of the molecule is CCc1ccc(NC(=O)c2cc(N3CCCC(C)C3)ccn2)cc1. The molecule has 1 N–H and O–H groups in total. The molecule has 1 aliphatic rings. The Morgan fingerprint density at radius 1 is 1.29 bits per heavy atom. The van der Waals surface area contributed by atoms with E-state index in [4.69, 9.17) is 0 Å². The second kappa shape index (κ2) is 7.47. The summed E-state index contributed by atoms with van der Waals surface area (Å²) >= 11 is 0. The molecule has 1 aliphatic heterocycles. The lowest BCUT2D eigenvalue weighted by atomic mass is 10.00. The summed E-state index contributed by atoms with van der Waals surface area (Å²) in [6.45, 7) is 6.49. The van der Waals surface area contributed by atoms with Crippen molar-refractivity contribution in [2.75, 3.05) is 23.3 Å². The number of hydrogen-bond acceptors (Lipinski definition) is 3. The van der Waals surface area contributed by atoms with Crippen molar-refractivity contribution in [1.82, 2.24) is 4.98 Å². The van der Waals surface area contributed by atoms with Gasteiger partial charge in [-0.15, -0.1) is 0 Å². The number of benzene rings is 1. The van der Waals surface area contributed by atoms with Gasteiger partial charge in [-0.3, -0.25) is 9.78 Å². The highest BCUT2D eigenvalue weighted by molar-refractivity contribution is 6.03. The Morgan fingerprint density at radius 3 is 2.79 bits per heavy atom. The van der Waals surface area contributed by atoms with E-state index in [2.05, 4.69) is 29.0 Å². The van der Waals surface area contributed by atoms with E-state index in [1.807, 2.05) is 36.4 Å². The van der Waals surface area contributed by atoms with Crippen LogP contribution < -0.4 is 10.2 Å². The molecule has 0 bridgehead atoms. The second-order valence-electron chi connectivity index (χ2n) is 6.60. The summed E-state index contributed by atoms with van der Waals surface area (Å²) in [6, 6.07) is 11.8. The smallest absolute Gasteiger partial charge is 0.274 e. The van der Waals surface area contributed by atoms with E-state index in [-0.39, 0.29) is 5.91 Å². The Balaban J connectivity index is 1.71. The third-order valence-electron chi connectivity index (χ3n) is 4.62. The monoisotopic (exact) mass is 323 g/mol. The van der Waals surface area contributed by atoms with Crippen LogP contribution in [-0.4, -0.2) is 24.0 Å². The maximum absolute atomic E-state index is 12.5. The summed E-state index contributed by atoms with van der Waals surface area (Å²) < 4.78 is 0. The summed E-state index contributed by atoms with van der Waals surface area (Å²) in [5.41, 5.74) is 3.61. The molecule has 4 heteroatoms. The molecule has 1 unspecified atom stereocenters. The van der Waals surface area contributed by atoms with Gasteiger partial charge in [-0.25, -0.2) is 0 Å². The first-order valence-electron chi connectivity index (χ1n) is 8.77.